The van der Waals surface area contributed by atoms with Crippen molar-refractivity contribution in [3.63, 3.8) is 0 Å². The third-order valence-electron chi connectivity index (χ3n) is 3.82. The van der Waals surface area contributed by atoms with Gasteiger partial charge in [-0.3, -0.25) is 4.90 Å². The molecule has 0 amide bonds. The van der Waals surface area contributed by atoms with Crippen molar-refractivity contribution in [3.8, 4) is 12.1 Å². The van der Waals surface area contributed by atoms with Gasteiger partial charge in [0.1, 0.15) is 0 Å². The Hall–Kier alpha value is -1.14. The molecule has 0 aromatic heterocycles. The van der Waals surface area contributed by atoms with Gasteiger partial charge in [-0.25, -0.2) is 0 Å². The maximum Gasteiger partial charge on any atom is 0.0713 e. The second kappa shape index (κ2) is 8.12. The van der Waals surface area contributed by atoms with Crippen LogP contribution in [0.2, 0.25) is 0 Å². The molecule has 1 unspecified atom stereocenters. The van der Waals surface area contributed by atoms with Crippen molar-refractivity contribution in [3.05, 3.63) is 0 Å². The Morgan fingerprint density at radius 2 is 2.21 bits per heavy atom. The first-order valence-electron chi connectivity index (χ1n) is 6.78. The number of ether oxygens (including phenoxy) is 1. The summed E-state index contributed by atoms with van der Waals surface area (Å²) in [6, 6.07) is 4.89. The van der Waals surface area contributed by atoms with Gasteiger partial charge in [-0.1, -0.05) is 0 Å². The fourth-order valence-electron chi connectivity index (χ4n) is 2.66. The first-order chi connectivity index (χ1) is 9.10. The zero-order chi connectivity index (χ0) is 14.3. The molecule has 0 aliphatic carbocycles. The first-order valence-corrected chi connectivity index (χ1v) is 6.78. The van der Waals surface area contributed by atoms with Crippen LogP contribution in [0.25, 0.3) is 0 Å². The molecule has 0 aromatic rings. The lowest BCUT2D eigenvalue weighted by Gasteiger charge is -2.26. The standard InChI is InChI=1S/C14H24N4O/c1-17(9-12(8-16)5-4-6-15)10-13-7-14(19-3)11-18(13)2/h12-14H,4-5,7,9-11H2,1-3H3/t12?,13-,14-/m0/s1. The second-order valence-corrected chi connectivity index (χ2v) is 5.43. The summed E-state index contributed by atoms with van der Waals surface area (Å²) in [5.41, 5.74) is 0. The highest BCUT2D eigenvalue weighted by Gasteiger charge is 2.30. The number of hydrogen-bond acceptors (Lipinski definition) is 5. The lowest BCUT2D eigenvalue weighted by atomic mass is 10.0. The maximum atomic E-state index is 9.08. The van der Waals surface area contributed by atoms with Gasteiger partial charge in [0, 0.05) is 39.2 Å². The molecule has 1 heterocycles. The molecule has 1 rings (SSSR count). The second-order valence-electron chi connectivity index (χ2n) is 5.43. The van der Waals surface area contributed by atoms with Gasteiger partial charge < -0.3 is 9.64 Å². The Labute approximate surface area is 116 Å². The molecule has 0 bridgehead atoms. The number of nitriles is 2. The number of methoxy groups -OCH3 is 1. The predicted octanol–water partition coefficient (Wildman–Crippen LogP) is 1.08. The largest absolute Gasteiger partial charge is 0.380 e. The monoisotopic (exact) mass is 264 g/mol. The Kier molecular flexibility index (Phi) is 6.80. The molecule has 0 radical (unpaired) electrons. The summed E-state index contributed by atoms with van der Waals surface area (Å²) in [6.45, 7) is 2.66. The van der Waals surface area contributed by atoms with Crippen LogP contribution in [0.1, 0.15) is 19.3 Å². The predicted molar refractivity (Wildman–Crippen MR) is 73.3 cm³/mol. The van der Waals surface area contributed by atoms with Crippen LogP contribution >= 0.6 is 0 Å². The molecule has 5 heteroatoms. The van der Waals surface area contributed by atoms with Crippen LogP contribution in [-0.2, 0) is 4.74 Å². The number of nitrogens with zero attached hydrogens (tertiary/aromatic N) is 4. The normalized spacial score (nSPS) is 25.2. The fourth-order valence-corrected chi connectivity index (χ4v) is 2.66. The number of likely N-dealkylation sites (N-methyl/N-ethyl adjacent to an activating group) is 2. The Balaban J connectivity index is 2.36. The SMILES string of the molecule is CO[C@H]1C[C@@H](CN(C)CC(C#N)CCC#N)N(C)C1. The number of hydrogen-bond donors (Lipinski definition) is 0. The van der Waals surface area contributed by atoms with Crippen molar-refractivity contribution in [2.45, 2.75) is 31.4 Å². The average Bonchev–Trinajstić information content (AvgIpc) is 2.75. The summed E-state index contributed by atoms with van der Waals surface area (Å²) >= 11 is 0. The summed E-state index contributed by atoms with van der Waals surface area (Å²) in [5, 5.41) is 17.7. The molecule has 5 nitrogen and oxygen atoms in total. The summed E-state index contributed by atoms with van der Waals surface area (Å²) in [4.78, 5) is 4.52. The van der Waals surface area contributed by atoms with Gasteiger partial charge in [0.25, 0.3) is 0 Å². The van der Waals surface area contributed by atoms with E-state index in [1.807, 2.05) is 7.05 Å². The third kappa shape index (κ3) is 5.16. The van der Waals surface area contributed by atoms with E-state index in [-0.39, 0.29) is 5.92 Å². The zero-order valence-electron chi connectivity index (χ0n) is 12.2. The molecule has 1 fully saturated rings. The van der Waals surface area contributed by atoms with Crippen LogP contribution in [0.3, 0.4) is 0 Å². The van der Waals surface area contributed by atoms with E-state index in [2.05, 4.69) is 29.0 Å². The quantitative estimate of drug-likeness (QED) is 0.688. The van der Waals surface area contributed by atoms with Crippen molar-refractivity contribution < 1.29 is 4.74 Å². The molecule has 1 aliphatic heterocycles. The average molecular weight is 264 g/mol. The highest BCUT2D eigenvalue weighted by atomic mass is 16.5. The fraction of sp³-hybridized carbons (Fsp3) is 0.857. The van der Waals surface area contributed by atoms with Crippen molar-refractivity contribution in [1.29, 1.82) is 10.5 Å². The smallest absolute Gasteiger partial charge is 0.0713 e. The summed E-state index contributed by atoms with van der Waals surface area (Å²) in [7, 11) is 5.93. The van der Waals surface area contributed by atoms with Gasteiger partial charge in [0.05, 0.1) is 24.2 Å². The van der Waals surface area contributed by atoms with Crippen LogP contribution in [0.4, 0.5) is 0 Å². The van der Waals surface area contributed by atoms with Crippen LogP contribution in [0, 0.1) is 28.6 Å². The minimum absolute atomic E-state index is 0.0467. The molecular formula is C14H24N4O. The summed E-state index contributed by atoms with van der Waals surface area (Å²) in [6.07, 6.45) is 2.50. The zero-order valence-corrected chi connectivity index (χ0v) is 12.2. The Morgan fingerprint density at radius 3 is 2.74 bits per heavy atom. The highest BCUT2D eigenvalue weighted by Crippen LogP contribution is 2.19. The maximum absolute atomic E-state index is 9.08. The van der Waals surface area contributed by atoms with E-state index in [0.29, 0.717) is 25.0 Å². The van der Waals surface area contributed by atoms with E-state index in [1.165, 1.54) is 0 Å². The van der Waals surface area contributed by atoms with Crippen molar-refractivity contribution >= 4 is 0 Å². The number of rotatable bonds is 7. The van der Waals surface area contributed by atoms with Crippen molar-refractivity contribution in [2.75, 3.05) is 40.8 Å². The first kappa shape index (κ1) is 15.9. The molecule has 0 N–H and O–H groups in total. The van der Waals surface area contributed by atoms with Gasteiger partial charge in [0.2, 0.25) is 0 Å². The van der Waals surface area contributed by atoms with Crippen LogP contribution in [0.15, 0.2) is 0 Å². The van der Waals surface area contributed by atoms with Crippen LogP contribution in [0.5, 0.6) is 0 Å². The molecule has 1 aliphatic rings. The Bertz CT molecular complexity index is 346. The van der Waals surface area contributed by atoms with E-state index in [4.69, 9.17) is 15.3 Å². The Morgan fingerprint density at radius 1 is 1.47 bits per heavy atom. The third-order valence-corrected chi connectivity index (χ3v) is 3.82. The molecule has 106 valence electrons. The summed E-state index contributed by atoms with van der Waals surface area (Å²) < 4.78 is 5.40. The van der Waals surface area contributed by atoms with Gasteiger partial charge >= 0.3 is 0 Å². The van der Waals surface area contributed by atoms with Crippen molar-refractivity contribution in [2.24, 2.45) is 5.92 Å². The lowest BCUT2D eigenvalue weighted by Crippen LogP contribution is -2.38. The lowest BCUT2D eigenvalue weighted by molar-refractivity contribution is 0.111. The van der Waals surface area contributed by atoms with Crippen LogP contribution < -0.4 is 0 Å². The van der Waals surface area contributed by atoms with Gasteiger partial charge in [-0.05, 0) is 26.9 Å². The molecular weight excluding hydrogens is 240 g/mol. The van der Waals surface area contributed by atoms with E-state index >= 15 is 0 Å². The van der Waals surface area contributed by atoms with Gasteiger partial charge in [-0.15, -0.1) is 0 Å². The molecule has 0 spiro atoms. The van der Waals surface area contributed by atoms with E-state index < -0.39 is 0 Å². The highest BCUT2D eigenvalue weighted by molar-refractivity contribution is 4.90. The van der Waals surface area contributed by atoms with E-state index in [9.17, 15) is 0 Å². The molecule has 1 saturated heterocycles. The van der Waals surface area contributed by atoms with Crippen LogP contribution in [-0.4, -0.2) is 62.8 Å². The number of likely N-dealkylation sites (tertiary alicyclic amines) is 1. The van der Waals surface area contributed by atoms with Gasteiger partial charge in [-0.2, -0.15) is 10.5 Å². The molecule has 0 saturated carbocycles. The molecule has 0 aromatic carbocycles. The molecule has 19 heavy (non-hydrogen) atoms. The molecule has 3 atom stereocenters. The van der Waals surface area contributed by atoms with E-state index in [1.54, 1.807) is 7.11 Å². The minimum atomic E-state index is -0.0467. The topological polar surface area (TPSA) is 63.3 Å². The van der Waals surface area contributed by atoms with Gasteiger partial charge in [0.15, 0.2) is 0 Å². The minimum Gasteiger partial charge on any atom is -0.380 e. The van der Waals surface area contributed by atoms with E-state index in [0.717, 1.165) is 26.1 Å². The van der Waals surface area contributed by atoms with Crippen molar-refractivity contribution in [1.82, 2.24) is 9.80 Å². The summed E-state index contributed by atoms with van der Waals surface area (Å²) in [5.74, 6) is -0.0467.